The number of hydrogen-bond acceptors (Lipinski definition) is 3. The molecule has 0 bridgehead atoms. The second-order valence-electron chi connectivity index (χ2n) is 3.41. The zero-order valence-corrected chi connectivity index (χ0v) is 8.19. The van der Waals surface area contributed by atoms with Gasteiger partial charge in [0.1, 0.15) is 11.5 Å². The molecule has 0 saturated carbocycles. The van der Waals surface area contributed by atoms with Crippen molar-refractivity contribution in [2.24, 2.45) is 0 Å². The smallest absolute Gasteiger partial charge is 0.128 e. The molecule has 0 saturated heterocycles. The van der Waals surface area contributed by atoms with Gasteiger partial charge in [-0.3, -0.25) is 0 Å². The van der Waals surface area contributed by atoms with Gasteiger partial charge in [-0.2, -0.15) is 0 Å². The molecule has 2 rings (SSSR count). The molecule has 0 unspecified atom stereocenters. The number of ether oxygens (including phenoxy) is 2. The van der Waals surface area contributed by atoms with E-state index >= 15 is 0 Å². The molecular formula is C11H14O3. The Kier molecular flexibility index (Phi) is 2.59. The first kappa shape index (κ1) is 9.34. The van der Waals surface area contributed by atoms with Gasteiger partial charge < -0.3 is 14.6 Å². The maximum Gasteiger partial charge on any atom is 0.128 e. The maximum absolute atomic E-state index is 9.78. The van der Waals surface area contributed by atoms with Crippen LogP contribution in [0, 0.1) is 0 Å². The summed E-state index contributed by atoms with van der Waals surface area (Å²) in [5, 5.41) is 9.78. The summed E-state index contributed by atoms with van der Waals surface area (Å²) in [5.41, 5.74) is 0.864. The van der Waals surface area contributed by atoms with E-state index in [1.54, 1.807) is 7.11 Å². The van der Waals surface area contributed by atoms with E-state index < -0.39 is 6.10 Å². The van der Waals surface area contributed by atoms with Gasteiger partial charge in [-0.15, -0.1) is 0 Å². The van der Waals surface area contributed by atoms with Crippen molar-refractivity contribution in [1.82, 2.24) is 0 Å². The second kappa shape index (κ2) is 3.88. The van der Waals surface area contributed by atoms with Crippen molar-refractivity contribution in [2.75, 3.05) is 13.7 Å². The van der Waals surface area contributed by atoms with Crippen LogP contribution >= 0.6 is 0 Å². The fourth-order valence-corrected chi connectivity index (χ4v) is 1.66. The molecule has 0 aliphatic carbocycles. The lowest BCUT2D eigenvalue weighted by Crippen LogP contribution is -1.96. The van der Waals surface area contributed by atoms with Gasteiger partial charge in [0.15, 0.2) is 0 Å². The number of aliphatic hydroxyl groups excluding tert-OH is 1. The minimum atomic E-state index is -0.404. The largest absolute Gasteiger partial charge is 0.497 e. The molecule has 3 heteroatoms. The van der Waals surface area contributed by atoms with Crippen LogP contribution in [-0.2, 0) is 0 Å². The Bertz CT molecular complexity index is 322. The van der Waals surface area contributed by atoms with Gasteiger partial charge in [0.05, 0.1) is 19.8 Å². The number of methoxy groups -OCH3 is 1. The topological polar surface area (TPSA) is 38.7 Å². The van der Waals surface area contributed by atoms with Crippen LogP contribution in [0.2, 0.25) is 0 Å². The predicted octanol–water partition coefficient (Wildman–Crippen LogP) is 1.90. The van der Waals surface area contributed by atoms with E-state index in [0.717, 1.165) is 29.9 Å². The van der Waals surface area contributed by atoms with Gasteiger partial charge in [0, 0.05) is 11.6 Å². The number of benzene rings is 1. The molecule has 0 radical (unpaired) electrons. The number of aliphatic hydroxyl groups is 1. The molecule has 76 valence electrons. The number of rotatable bonds is 1. The molecule has 0 aromatic heterocycles. The van der Waals surface area contributed by atoms with Crippen LogP contribution < -0.4 is 9.47 Å². The highest BCUT2D eigenvalue weighted by atomic mass is 16.5. The van der Waals surface area contributed by atoms with Gasteiger partial charge in [-0.1, -0.05) is 0 Å². The highest BCUT2D eigenvalue weighted by Gasteiger charge is 2.17. The first-order valence-electron chi connectivity index (χ1n) is 4.80. The Morgan fingerprint density at radius 3 is 3.14 bits per heavy atom. The zero-order chi connectivity index (χ0) is 9.97. The van der Waals surface area contributed by atoms with Crippen LogP contribution in [-0.4, -0.2) is 18.8 Å². The fourth-order valence-electron chi connectivity index (χ4n) is 1.66. The summed E-state index contributed by atoms with van der Waals surface area (Å²) in [6.45, 7) is 0.664. The Hall–Kier alpha value is -1.22. The summed E-state index contributed by atoms with van der Waals surface area (Å²) in [7, 11) is 1.62. The Labute approximate surface area is 83.3 Å². The molecule has 3 nitrogen and oxygen atoms in total. The lowest BCUT2D eigenvalue weighted by atomic mass is 10.1. The van der Waals surface area contributed by atoms with Crippen molar-refractivity contribution in [3.8, 4) is 11.5 Å². The van der Waals surface area contributed by atoms with Crippen LogP contribution in [0.1, 0.15) is 24.5 Å². The Morgan fingerprint density at radius 2 is 2.36 bits per heavy atom. The quantitative estimate of drug-likeness (QED) is 0.742. The van der Waals surface area contributed by atoms with E-state index in [1.165, 1.54) is 0 Å². The minimum absolute atomic E-state index is 0.404. The summed E-state index contributed by atoms with van der Waals surface area (Å²) >= 11 is 0. The van der Waals surface area contributed by atoms with Crippen LogP contribution in [0.25, 0.3) is 0 Å². The first-order valence-corrected chi connectivity index (χ1v) is 4.80. The van der Waals surface area contributed by atoms with E-state index in [9.17, 15) is 5.11 Å². The van der Waals surface area contributed by atoms with Crippen molar-refractivity contribution in [3.63, 3.8) is 0 Å². The molecule has 1 N–H and O–H groups in total. The minimum Gasteiger partial charge on any atom is -0.497 e. The van der Waals surface area contributed by atoms with E-state index in [2.05, 4.69) is 0 Å². The molecule has 1 atom stereocenters. The maximum atomic E-state index is 9.78. The normalized spacial score (nSPS) is 20.6. The zero-order valence-electron chi connectivity index (χ0n) is 8.19. The van der Waals surface area contributed by atoms with Crippen LogP contribution in [0.15, 0.2) is 18.2 Å². The van der Waals surface area contributed by atoms with Gasteiger partial charge in [0.25, 0.3) is 0 Å². The van der Waals surface area contributed by atoms with Gasteiger partial charge in [-0.05, 0) is 25.0 Å². The second-order valence-corrected chi connectivity index (χ2v) is 3.41. The molecule has 0 spiro atoms. The molecule has 14 heavy (non-hydrogen) atoms. The third-order valence-corrected chi connectivity index (χ3v) is 2.46. The molecule has 1 heterocycles. The molecule has 1 aliphatic rings. The third kappa shape index (κ3) is 1.68. The summed E-state index contributed by atoms with van der Waals surface area (Å²) in [4.78, 5) is 0. The van der Waals surface area contributed by atoms with Crippen molar-refractivity contribution in [3.05, 3.63) is 23.8 Å². The highest BCUT2D eigenvalue weighted by molar-refractivity contribution is 5.42. The average molecular weight is 194 g/mol. The number of fused-ring (bicyclic) bond motifs is 1. The molecule has 0 amide bonds. The average Bonchev–Trinajstić information content (AvgIpc) is 2.40. The highest BCUT2D eigenvalue weighted by Crippen LogP contribution is 2.33. The molecule has 1 aromatic rings. The first-order chi connectivity index (χ1) is 6.81. The monoisotopic (exact) mass is 194 g/mol. The summed E-state index contributed by atoms with van der Waals surface area (Å²) in [6, 6.07) is 5.53. The van der Waals surface area contributed by atoms with Crippen molar-refractivity contribution in [1.29, 1.82) is 0 Å². The van der Waals surface area contributed by atoms with E-state index in [4.69, 9.17) is 9.47 Å². The standard InChI is InChI=1S/C11H14O3/c1-13-8-4-5-9-10(12)3-2-6-14-11(9)7-8/h4-5,7,10,12H,2-3,6H2,1H3/t10-/m1/s1. The van der Waals surface area contributed by atoms with Crippen molar-refractivity contribution >= 4 is 0 Å². The third-order valence-electron chi connectivity index (χ3n) is 2.46. The van der Waals surface area contributed by atoms with Crippen LogP contribution in [0.5, 0.6) is 11.5 Å². The van der Waals surface area contributed by atoms with Crippen molar-refractivity contribution < 1.29 is 14.6 Å². The number of hydrogen-bond donors (Lipinski definition) is 1. The van der Waals surface area contributed by atoms with Crippen LogP contribution in [0.4, 0.5) is 0 Å². The van der Waals surface area contributed by atoms with Gasteiger partial charge in [-0.25, -0.2) is 0 Å². The summed E-state index contributed by atoms with van der Waals surface area (Å²) in [6.07, 6.45) is 1.25. The van der Waals surface area contributed by atoms with E-state index in [-0.39, 0.29) is 0 Å². The van der Waals surface area contributed by atoms with Crippen molar-refractivity contribution in [2.45, 2.75) is 18.9 Å². The lowest BCUT2D eigenvalue weighted by molar-refractivity contribution is 0.167. The predicted molar refractivity (Wildman–Crippen MR) is 52.7 cm³/mol. The lowest BCUT2D eigenvalue weighted by Gasteiger charge is -2.11. The molecule has 1 aliphatic heterocycles. The van der Waals surface area contributed by atoms with Gasteiger partial charge in [0.2, 0.25) is 0 Å². The molecular weight excluding hydrogens is 180 g/mol. The van der Waals surface area contributed by atoms with Crippen LogP contribution in [0.3, 0.4) is 0 Å². The Balaban J connectivity index is 2.38. The molecule has 1 aromatic carbocycles. The summed E-state index contributed by atoms with van der Waals surface area (Å²) < 4.78 is 10.6. The van der Waals surface area contributed by atoms with E-state index in [0.29, 0.717) is 6.61 Å². The summed E-state index contributed by atoms with van der Waals surface area (Å²) in [5.74, 6) is 1.51. The van der Waals surface area contributed by atoms with Gasteiger partial charge >= 0.3 is 0 Å². The fraction of sp³-hybridized carbons (Fsp3) is 0.455. The van der Waals surface area contributed by atoms with E-state index in [1.807, 2.05) is 18.2 Å². The SMILES string of the molecule is COc1ccc2c(c1)OCCC[C@H]2O. The Morgan fingerprint density at radius 1 is 1.50 bits per heavy atom. The molecule has 0 fully saturated rings.